The summed E-state index contributed by atoms with van der Waals surface area (Å²) in [5.74, 6) is 0.555. The van der Waals surface area contributed by atoms with Crippen LogP contribution in [0.25, 0.3) is 10.4 Å². The highest BCUT2D eigenvalue weighted by atomic mass is 32.2. The lowest BCUT2D eigenvalue weighted by atomic mass is 10.1. The van der Waals surface area contributed by atoms with Gasteiger partial charge in [-0.05, 0) is 26.3 Å². The fraction of sp³-hybridized carbons (Fsp3) is 0.333. The van der Waals surface area contributed by atoms with Gasteiger partial charge in [0.2, 0.25) is 0 Å². The highest BCUT2D eigenvalue weighted by Gasteiger charge is 2.33. The van der Waals surface area contributed by atoms with Crippen molar-refractivity contribution in [3.05, 3.63) is 56.6 Å². The Bertz CT molecular complexity index is 1090. The van der Waals surface area contributed by atoms with Crippen molar-refractivity contribution in [2.24, 2.45) is 0 Å². The van der Waals surface area contributed by atoms with Gasteiger partial charge >= 0.3 is 0 Å². The summed E-state index contributed by atoms with van der Waals surface area (Å²) >= 11 is 4.66. The van der Waals surface area contributed by atoms with E-state index in [4.69, 9.17) is 0 Å². The maximum absolute atomic E-state index is 13.4. The molecule has 30 heavy (non-hydrogen) atoms. The van der Waals surface area contributed by atoms with Crippen molar-refractivity contribution in [2.75, 3.05) is 18.8 Å². The predicted octanol–water partition coefficient (Wildman–Crippen LogP) is 4.14. The molecule has 0 bridgehead atoms. The summed E-state index contributed by atoms with van der Waals surface area (Å²) in [6, 6.07) is 8.13. The summed E-state index contributed by atoms with van der Waals surface area (Å²) < 4.78 is 0. The van der Waals surface area contributed by atoms with E-state index in [1.165, 1.54) is 11.3 Å². The Morgan fingerprint density at radius 1 is 1.20 bits per heavy atom. The molecule has 1 aliphatic rings. The predicted molar refractivity (Wildman–Crippen MR) is 123 cm³/mol. The number of carbonyl (C=O) groups is 2. The minimum absolute atomic E-state index is 0.0791. The van der Waals surface area contributed by atoms with Gasteiger partial charge in [-0.1, -0.05) is 29.8 Å². The lowest BCUT2D eigenvalue weighted by molar-refractivity contribution is 0.0746. The Kier molecular flexibility index (Phi) is 6.21. The molecule has 156 valence electrons. The average Bonchev–Trinajstić information content (AvgIpc) is 3.45. The standard InChI is InChI=1S/C21H22N4O2S3/c1-12-5-4-6-15(9-12)19-18(24-14(3)30-19)21(27)25-7-8-28-17(25)10-22-20(26)16-11-29-13(2)23-16/h4-6,9,11,17H,7-8,10H2,1-3H3,(H,22,26). The summed E-state index contributed by atoms with van der Waals surface area (Å²) in [4.78, 5) is 37.3. The van der Waals surface area contributed by atoms with Crippen molar-refractivity contribution in [1.29, 1.82) is 0 Å². The average molecular weight is 459 g/mol. The molecule has 6 nitrogen and oxygen atoms in total. The van der Waals surface area contributed by atoms with E-state index in [1.54, 1.807) is 28.5 Å². The van der Waals surface area contributed by atoms with Crippen LogP contribution in [0.1, 0.15) is 36.6 Å². The van der Waals surface area contributed by atoms with E-state index in [0.29, 0.717) is 24.5 Å². The highest BCUT2D eigenvalue weighted by Crippen LogP contribution is 2.33. The zero-order valence-electron chi connectivity index (χ0n) is 17.0. The van der Waals surface area contributed by atoms with Gasteiger partial charge in [0.1, 0.15) is 11.4 Å². The second kappa shape index (κ2) is 8.87. The van der Waals surface area contributed by atoms with Crippen LogP contribution in [0.5, 0.6) is 0 Å². The number of benzene rings is 1. The van der Waals surface area contributed by atoms with Gasteiger partial charge in [-0.25, -0.2) is 9.97 Å². The Balaban J connectivity index is 1.51. The second-order valence-electron chi connectivity index (χ2n) is 7.07. The summed E-state index contributed by atoms with van der Waals surface area (Å²) in [5, 5.41) is 6.28. The van der Waals surface area contributed by atoms with E-state index < -0.39 is 0 Å². The maximum atomic E-state index is 13.4. The largest absolute Gasteiger partial charge is 0.348 e. The molecule has 1 aromatic carbocycles. The molecule has 1 saturated heterocycles. The number of hydrogen-bond acceptors (Lipinski definition) is 7. The van der Waals surface area contributed by atoms with E-state index >= 15 is 0 Å². The van der Waals surface area contributed by atoms with Crippen molar-refractivity contribution in [1.82, 2.24) is 20.2 Å². The summed E-state index contributed by atoms with van der Waals surface area (Å²) in [6.45, 7) is 6.86. The maximum Gasteiger partial charge on any atom is 0.274 e. The molecule has 4 rings (SSSR count). The Hall–Kier alpha value is -2.23. The molecule has 9 heteroatoms. The zero-order valence-corrected chi connectivity index (χ0v) is 19.4. The summed E-state index contributed by atoms with van der Waals surface area (Å²) in [7, 11) is 0. The van der Waals surface area contributed by atoms with E-state index in [2.05, 4.69) is 21.4 Å². The van der Waals surface area contributed by atoms with Crippen molar-refractivity contribution in [3.63, 3.8) is 0 Å². The van der Waals surface area contributed by atoms with Crippen LogP contribution in [-0.4, -0.2) is 50.9 Å². The van der Waals surface area contributed by atoms with Crippen LogP contribution in [0.15, 0.2) is 29.6 Å². The number of rotatable bonds is 5. The number of thioether (sulfide) groups is 1. The molecular weight excluding hydrogens is 436 g/mol. The molecule has 3 aromatic rings. The first-order valence-corrected chi connectivity index (χ1v) is 12.3. The molecule has 1 fully saturated rings. The smallest absolute Gasteiger partial charge is 0.274 e. The van der Waals surface area contributed by atoms with Crippen LogP contribution >= 0.6 is 34.4 Å². The molecule has 3 heterocycles. The Morgan fingerprint density at radius 2 is 2.03 bits per heavy atom. The number of nitrogens with zero attached hydrogens (tertiary/aromatic N) is 3. The molecule has 0 saturated carbocycles. The lowest BCUT2D eigenvalue weighted by Gasteiger charge is -2.23. The minimum atomic E-state index is -0.204. The molecule has 1 atom stereocenters. The number of nitrogens with one attached hydrogen (secondary N) is 1. The van der Waals surface area contributed by atoms with E-state index in [0.717, 1.165) is 31.8 Å². The van der Waals surface area contributed by atoms with Crippen LogP contribution in [0.2, 0.25) is 0 Å². The third-order valence-electron chi connectivity index (χ3n) is 4.76. The van der Waals surface area contributed by atoms with Gasteiger partial charge in [-0.15, -0.1) is 34.4 Å². The van der Waals surface area contributed by atoms with Crippen LogP contribution < -0.4 is 5.32 Å². The van der Waals surface area contributed by atoms with Crippen molar-refractivity contribution < 1.29 is 9.59 Å². The normalized spacial score (nSPS) is 16.1. The van der Waals surface area contributed by atoms with Gasteiger partial charge in [0.15, 0.2) is 0 Å². The molecular formula is C21H22N4O2S3. The second-order valence-corrected chi connectivity index (χ2v) is 10.6. The van der Waals surface area contributed by atoms with E-state index in [-0.39, 0.29) is 17.2 Å². The van der Waals surface area contributed by atoms with Gasteiger partial charge in [-0.2, -0.15) is 0 Å². The van der Waals surface area contributed by atoms with Crippen LogP contribution in [0.3, 0.4) is 0 Å². The number of thiazole rings is 2. The highest BCUT2D eigenvalue weighted by molar-refractivity contribution is 8.00. The van der Waals surface area contributed by atoms with Gasteiger partial charge in [0.05, 0.1) is 20.3 Å². The minimum Gasteiger partial charge on any atom is -0.348 e. The molecule has 1 unspecified atom stereocenters. The van der Waals surface area contributed by atoms with Crippen molar-refractivity contribution in [2.45, 2.75) is 26.1 Å². The van der Waals surface area contributed by atoms with Crippen LogP contribution in [0, 0.1) is 20.8 Å². The number of carbonyl (C=O) groups excluding carboxylic acids is 2. The fourth-order valence-electron chi connectivity index (χ4n) is 3.35. The first kappa shape index (κ1) is 21.0. The first-order valence-electron chi connectivity index (χ1n) is 9.60. The molecule has 2 aromatic heterocycles. The van der Waals surface area contributed by atoms with Gasteiger partial charge in [0.25, 0.3) is 11.8 Å². The Morgan fingerprint density at radius 3 is 2.77 bits per heavy atom. The van der Waals surface area contributed by atoms with Gasteiger partial charge in [0, 0.05) is 24.2 Å². The van der Waals surface area contributed by atoms with Gasteiger partial charge in [-0.3, -0.25) is 9.59 Å². The van der Waals surface area contributed by atoms with E-state index in [9.17, 15) is 9.59 Å². The van der Waals surface area contributed by atoms with Crippen molar-refractivity contribution >= 4 is 46.2 Å². The number of aryl methyl sites for hydroxylation is 3. The third-order valence-corrected chi connectivity index (χ3v) is 7.77. The van der Waals surface area contributed by atoms with Crippen molar-refractivity contribution in [3.8, 4) is 10.4 Å². The number of hydrogen-bond donors (Lipinski definition) is 1. The SMILES string of the molecule is Cc1cccc(-c2sc(C)nc2C(=O)N2CCSC2CNC(=O)c2csc(C)n2)c1. The zero-order chi connectivity index (χ0) is 21.3. The fourth-order valence-corrected chi connectivity index (χ4v) is 6.01. The quantitative estimate of drug-likeness (QED) is 0.622. The number of aromatic nitrogens is 2. The topological polar surface area (TPSA) is 75.2 Å². The monoisotopic (exact) mass is 458 g/mol. The molecule has 1 N–H and O–H groups in total. The molecule has 0 spiro atoms. The lowest BCUT2D eigenvalue weighted by Crippen LogP contribution is -2.42. The van der Waals surface area contributed by atoms with Gasteiger partial charge < -0.3 is 10.2 Å². The van der Waals surface area contributed by atoms with E-state index in [1.807, 2.05) is 43.9 Å². The van der Waals surface area contributed by atoms with Crippen LogP contribution in [0.4, 0.5) is 0 Å². The first-order chi connectivity index (χ1) is 14.4. The summed E-state index contributed by atoms with van der Waals surface area (Å²) in [5.41, 5.74) is 3.08. The number of amides is 2. The third kappa shape index (κ3) is 4.43. The molecule has 1 aliphatic heterocycles. The molecule has 2 amide bonds. The van der Waals surface area contributed by atoms with Crippen LogP contribution in [-0.2, 0) is 0 Å². The molecule has 0 radical (unpaired) electrons. The Labute approximate surface area is 187 Å². The summed E-state index contributed by atoms with van der Waals surface area (Å²) in [6.07, 6.45) is 0. The molecule has 0 aliphatic carbocycles.